The van der Waals surface area contributed by atoms with E-state index in [1.54, 1.807) is 6.92 Å². The molecule has 76 valence electrons. The standard InChI is InChI=1S/C11H20OS/c1-3-4-5-6-7-8-9-11(2,12)10-13/h12-13H,3-7,10H2,1-2H3. The van der Waals surface area contributed by atoms with Gasteiger partial charge in [-0.25, -0.2) is 0 Å². The fourth-order valence-corrected chi connectivity index (χ4v) is 1.01. The lowest BCUT2D eigenvalue weighted by molar-refractivity contribution is 0.149. The third-order valence-corrected chi connectivity index (χ3v) is 2.44. The Morgan fingerprint density at radius 2 is 2.00 bits per heavy atom. The highest BCUT2D eigenvalue weighted by Gasteiger charge is 2.12. The van der Waals surface area contributed by atoms with Crippen LogP contribution in [0, 0.1) is 11.8 Å². The maximum absolute atomic E-state index is 9.48. The zero-order valence-electron chi connectivity index (χ0n) is 8.64. The van der Waals surface area contributed by atoms with Crippen molar-refractivity contribution in [2.75, 3.05) is 5.75 Å². The van der Waals surface area contributed by atoms with Gasteiger partial charge < -0.3 is 5.11 Å². The van der Waals surface area contributed by atoms with Crippen LogP contribution >= 0.6 is 12.6 Å². The minimum Gasteiger partial charge on any atom is -0.377 e. The van der Waals surface area contributed by atoms with Crippen LogP contribution in [0.4, 0.5) is 0 Å². The van der Waals surface area contributed by atoms with Gasteiger partial charge in [0.05, 0.1) is 0 Å². The SMILES string of the molecule is CCCCCCC#CC(C)(O)CS. The summed E-state index contributed by atoms with van der Waals surface area (Å²) >= 11 is 4.01. The summed E-state index contributed by atoms with van der Waals surface area (Å²) in [7, 11) is 0. The van der Waals surface area contributed by atoms with E-state index in [1.165, 1.54) is 19.3 Å². The van der Waals surface area contributed by atoms with Crippen LogP contribution in [0.25, 0.3) is 0 Å². The molecular weight excluding hydrogens is 180 g/mol. The van der Waals surface area contributed by atoms with Gasteiger partial charge in [0.1, 0.15) is 5.60 Å². The third-order valence-electron chi connectivity index (χ3n) is 1.82. The topological polar surface area (TPSA) is 20.2 Å². The molecule has 1 N–H and O–H groups in total. The summed E-state index contributed by atoms with van der Waals surface area (Å²) in [5.41, 5.74) is -0.909. The summed E-state index contributed by atoms with van der Waals surface area (Å²) in [4.78, 5) is 0. The highest BCUT2D eigenvalue weighted by Crippen LogP contribution is 2.04. The molecule has 1 nitrogen and oxygen atoms in total. The van der Waals surface area contributed by atoms with Crippen LogP contribution in [0.15, 0.2) is 0 Å². The van der Waals surface area contributed by atoms with Gasteiger partial charge in [0.25, 0.3) is 0 Å². The Labute approximate surface area is 87.3 Å². The molecule has 0 aliphatic carbocycles. The van der Waals surface area contributed by atoms with E-state index in [0.29, 0.717) is 5.75 Å². The van der Waals surface area contributed by atoms with Crippen LogP contribution in [-0.2, 0) is 0 Å². The minimum absolute atomic E-state index is 0.398. The average molecular weight is 200 g/mol. The average Bonchev–Trinajstić information content (AvgIpc) is 2.11. The van der Waals surface area contributed by atoms with Gasteiger partial charge in [0.2, 0.25) is 0 Å². The fourth-order valence-electron chi connectivity index (χ4n) is 0.933. The Balaban J connectivity index is 3.50. The van der Waals surface area contributed by atoms with E-state index in [1.807, 2.05) is 0 Å². The molecule has 0 rings (SSSR count). The van der Waals surface area contributed by atoms with E-state index in [9.17, 15) is 5.11 Å². The second-order valence-electron chi connectivity index (χ2n) is 3.54. The molecule has 1 unspecified atom stereocenters. The molecule has 0 aromatic carbocycles. The summed E-state index contributed by atoms with van der Waals surface area (Å²) in [6.45, 7) is 3.89. The summed E-state index contributed by atoms with van der Waals surface area (Å²) in [6.07, 6.45) is 5.81. The molecule has 0 fully saturated rings. The second kappa shape index (κ2) is 7.29. The van der Waals surface area contributed by atoms with Gasteiger partial charge in [0, 0.05) is 12.2 Å². The van der Waals surface area contributed by atoms with Gasteiger partial charge in [-0.15, -0.1) is 5.92 Å². The molecule has 0 aliphatic heterocycles. The number of hydrogen-bond acceptors (Lipinski definition) is 2. The minimum atomic E-state index is -0.909. The van der Waals surface area contributed by atoms with Crippen LogP contribution in [-0.4, -0.2) is 16.5 Å². The molecule has 0 saturated heterocycles. The van der Waals surface area contributed by atoms with Crippen LogP contribution in [0.3, 0.4) is 0 Å². The van der Waals surface area contributed by atoms with E-state index in [-0.39, 0.29) is 0 Å². The molecule has 0 aromatic rings. The lowest BCUT2D eigenvalue weighted by atomic mass is 10.1. The van der Waals surface area contributed by atoms with Crippen molar-refractivity contribution in [1.82, 2.24) is 0 Å². The highest BCUT2D eigenvalue weighted by atomic mass is 32.1. The second-order valence-corrected chi connectivity index (χ2v) is 3.86. The maximum atomic E-state index is 9.48. The molecule has 0 aromatic heterocycles. The van der Waals surface area contributed by atoms with E-state index < -0.39 is 5.60 Å². The van der Waals surface area contributed by atoms with Crippen molar-refractivity contribution in [3.63, 3.8) is 0 Å². The zero-order valence-corrected chi connectivity index (χ0v) is 9.53. The zero-order chi connectivity index (χ0) is 10.2. The smallest absolute Gasteiger partial charge is 0.131 e. The van der Waals surface area contributed by atoms with Crippen molar-refractivity contribution < 1.29 is 5.11 Å². The number of hydrogen-bond donors (Lipinski definition) is 2. The van der Waals surface area contributed by atoms with Crippen molar-refractivity contribution in [1.29, 1.82) is 0 Å². The molecular formula is C11H20OS. The molecule has 0 saturated carbocycles. The normalized spacial score (nSPS) is 14.5. The van der Waals surface area contributed by atoms with Crippen LogP contribution in [0.2, 0.25) is 0 Å². The Morgan fingerprint density at radius 3 is 2.54 bits per heavy atom. The first kappa shape index (κ1) is 12.9. The molecule has 13 heavy (non-hydrogen) atoms. The Hall–Kier alpha value is -0.130. The molecule has 0 bridgehead atoms. The first-order chi connectivity index (χ1) is 6.12. The predicted octanol–water partition coefficient (Wildman–Crippen LogP) is 2.64. The Bertz CT molecular complexity index is 176. The summed E-state index contributed by atoms with van der Waals surface area (Å²) in [5.74, 6) is 6.20. The largest absolute Gasteiger partial charge is 0.377 e. The fraction of sp³-hybridized carbons (Fsp3) is 0.818. The van der Waals surface area contributed by atoms with Gasteiger partial charge >= 0.3 is 0 Å². The Morgan fingerprint density at radius 1 is 1.31 bits per heavy atom. The number of rotatable bonds is 5. The molecule has 0 aliphatic rings. The van der Waals surface area contributed by atoms with Crippen LogP contribution in [0.1, 0.15) is 46.0 Å². The maximum Gasteiger partial charge on any atom is 0.131 e. The Kier molecular flexibility index (Phi) is 7.22. The lowest BCUT2D eigenvalue weighted by Crippen LogP contribution is -2.23. The van der Waals surface area contributed by atoms with Crippen LogP contribution in [0.5, 0.6) is 0 Å². The van der Waals surface area contributed by atoms with Gasteiger partial charge in [-0.2, -0.15) is 12.6 Å². The number of unbranched alkanes of at least 4 members (excludes halogenated alkanes) is 4. The molecule has 0 spiro atoms. The molecule has 0 heterocycles. The van der Waals surface area contributed by atoms with Crippen molar-refractivity contribution >= 4 is 12.6 Å². The molecule has 0 radical (unpaired) electrons. The van der Waals surface area contributed by atoms with Gasteiger partial charge in [0.15, 0.2) is 0 Å². The van der Waals surface area contributed by atoms with E-state index >= 15 is 0 Å². The summed E-state index contributed by atoms with van der Waals surface area (Å²) in [5, 5.41) is 9.48. The lowest BCUT2D eigenvalue weighted by Gasteiger charge is -2.11. The molecule has 1 atom stereocenters. The number of aliphatic hydroxyl groups is 1. The quantitative estimate of drug-likeness (QED) is 0.397. The van der Waals surface area contributed by atoms with E-state index in [4.69, 9.17) is 0 Å². The first-order valence-electron chi connectivity index (χ1n) is 4.95. The molecule has 2 heteroatoms. The molecule has 0 amide bonds. The van der Waals surface area contributed by atoms with E-state index in [2.05, 4.69) is 31.4 Å². The van der Waals surface area contributed by atoms with Crippen molar-refractivity contribution in [3.8, 4) is 11.8 Å². The van der Waals surface area contributed by atoms with Crippen molar-refractivity contribution in [2.45, 2.75) is 51.6 Å². The van der Waals surface area contributed by atoms with Gasteiger partial charge in [-0.05, 0) is 13.3 Å². The summed E-state index contributed by atoms with van der Waals surface area (Å²) < 4.78 is 0. The van der Waals surface area contributed by atoms with Gasteiger partial charge in [-0.3, -0.25) is 0 Å². The first-order valence-corrected chi connectivity index (χ1v) is 5.59. The van der Waals surface area contributed by atoms with Crippen molar-refractivity contribution in [2.24, 2.45) is 0 Å². The summed E-state index contributed by atoms with van der Waals surface area (Å²) in [6, 6.07) is 0. The monoisotopic (exact) mass is 200 g/mol. The van der Waals surface area contributed by atoms with Gasteiger partial charge in [-0.1, -0.05) is 32.1 Å². The highest BCUT2D eigenvalue weighted by molar-refractivity contribution is 7.80. The van der Waals surface area contributed by atoms with Crippen LogP contribution < -0.4 is 0 Å². The van der Waals surface area contributed by atoms with E-state index in [0.717, 1.165) is 12.8 Å². The predicted molar refractivity (Wildman–Crippen MR) is 61.0 cm³/mol. The van der Waals surface area contributed by atoms with Crippen molar-refractivity contribution in [3.05, 3.63) is 0 Å². The third kappa shape index (κ3) is 8.21. The number of thiol groups is 1.